The van der Waals surface area contributed by atoms with Gasteiger partial charge in [-0.15, -0.1) is 0 Å². The molecule has 0 aliphatic carbocycles. The van der Waals surface area contributed by atoms with E-state index in [2.05, 4.69) is 10.3 Å². The Hall–Kier alpha value is -1.29. The van der Waals surface area contributed by atoms with Crippen molar-refractivity contribution in [1.29, 1.82) is 0 Å². The standard InChI is InChI=1S/C12H17ClN2O2/c1-8(2)6-10(12(16)17-3)15-11-5-4-9(13)7-14-11/h4-5,7-8,10H,6H2,1-3H3,(H,14,15). The summed E-state index contributed by atoms with van der Waals surface area (Å²) in [6.07, 6.45) is 2.23. The van der Waals surface area contributed by atoms with Gasteiger partial charge in [0.25, 0.3) is 0 Å². The van der Waals surface area contributed by atoms with E-state index in [1.807, 2.05) is 13.8 Å². The van der Waals surface area contributed by atoms with E-state index in [4.69, 9.17) is 16.3 Å². The maximum Gasteiger partial charge on any atom is 0.328 e. The van der Waals surface area contributed by atoms with Crippen LogP contribution in [0.15, 0.2) is 18.3 Å². The minimum atomic E-state index is -0.381. The predicted octanol–water partition coefficient (Wildman–Crippen LogP) is 2.73. The summed E-state index contributed by atoms with van der Waals surface area (Å²) in [5, 5.41) is 3.61. The molecule has 1 aromatic heterocycles. The summed E-state index contributed by atoms with van der Waals surface area (Å²) in [7, 11) is 1.38. The Morgan fingerprint density at radius 3 is 2.71 bits per heavy atom. The first-order valence-electron chi connectivity index (χ1n) is 5.49. The highest BCUT2D eigenvalue weighted by Gasteiger charge is 2.20. The molecule has 94 valence electrons. The van der Waals surface area contributed by atoms with E-state index in [1.165, 1.54) is 13.3 Å². The van der Waals surface area contributed by atoms with Crippen LogP contribution in [-0.4, -0.2) is 24.1 Å². The van der Waals surface area contributed by atoms with Crippen LogP contribution < -0.4 is 5.32 Å². The van der Waals surface area contributed by atoms with Crippen molar-refractivity contribution in [2.75, 3.05) is 12.4 Å². The van der Waals surface area contributed by atoms with E-state index in [0.29, 0.717) is 23.2 Å². The fourth-order valence-corrected chi connectivity index (χ4v) is 1.58. The highest BCUT2D eigenvalue weighted by atomic mass is 35.5. The van der Waals surface area contributed by atoms with Crippen LogP contribution in [0.25, 0.3) is 0 Å². The summed E-state index contributed by atoms with van der Waals surface area (Å²) in [6, 6.07) is 3.08. The fourth-order valence-electron chi connectivity index (χ4n) is 1.47. The van der Waals surface area contributed by atoms with Gasteiger partial charge in [0, 0.05) is 6.20 Å². The molecule has 0 aromatic carbocycles. The summed E-state index contributed by atoms with van der Waals surface area (Å²) in [6.45, 7) is 4.10. The molecule has 1 heterocycles. The van der Waals surface area contributed by atoms with Crippen LogP contribution in [0, 0.1) is 5.92 Å². The molecule has 0 spiro atoms. The van der Waals surface area contributed by atoms with Gasteiger partial charge in [0.2, 0.25) is 0 Å². The number of nitrogens with one attached hydrogen (secondary N) is 1. The Balaban J connectivity index is 2.71. The number of anilines is 1. The molecule has 0 fully saturated rings. The van der Waals surface area contributed by atoms with Crippen molar-refractivity contribution in [1.82, 2.24) is 4.98 Å². The second-order valence-corrected chi connectivity index (χ2v) is 4.65. The number of pyridine rings is 1. The van der Waals surface area contributed by atoms with E-state index >= 15 is 0 Å². The average molecular weight is 257 g/mol. The van der Waals surface area contributed by atoms with Gasteiger partial charge >= 0.3 is 5.97 Å². The molecular formula is C12H17ClN2O2. The van der Waals surface area contributed by atoms with E-state index in [-0.39, 0.29) is 12.0 Å². The minimum absolute atomic E-state index is 0.282. The lowest BCUT2D eigenvalue weighted by molar-refractivity contribution is -0.141. The Labute approximate surface area is 106 Å². The Bertz CT molecular complexity index is 365. The lowest BCUT2D eigenvalue weighted by Crippen LogP contribution is -2.32. The van der Waals surface area contributed by atoms with Gasteiger partial charge in [-0.25, -0.2) is 9.78 Å². The Morgan fingerprint density at radius 2 is 2.24 bits per heavy atom. The summed E-state index contributed by atoms with van der Waals surface area (Å²) < 4.78 is 4.75. The number of hydrogen-bond acceptors (Lipinski definition) is 4. The Morgan fingerprint density at radius 1 is 1.53 bits per heavy atom. The molecule has 1 aromatic rings. The van der Waals surface area contributed by atoms with Crippen molar-refractivity contribution in [3.63, 3.8) is 0 Å². The van der Waals surface area contributed by atoms with Crippen LogP contribution >= 0.6 is 11.6 Å². The third-order valence-electron chi connectivity index (χ3n) is 2.24. The lowest BCUT2D eigenvalue weighted by Gasteiger charge is -2.18. The number of aromatic nitrogens is 1. The molecule has 0 aliphatic heterocycles. The molecular weight excluding hydrogens is 240 g/mol. The topological polar surface area (TPSA) is 51.2 Å². The van der Waals surface area contributed by atoms with Crippen molar-refractivity contribution >= 4 is 23.4 Å². The normalized spacial score (nSPS) is 12.3. The maximum atomic E-state index is 11.6. The zero-order valence-corrected chi connectivity index (χ0v) is 11.0. The van der Waals surface area contributed by atoms with Gasteiger partial charge in [0.05, 0.1) is 12.1 Å². The number of carbonyl (C=O) groups is 1. The number of nitrogens with zero attached hydrogens (tertiary/aromatic N) is 1. The van der Waals surface area contributed by atoms with Crippen molar-refractivity contribution in [2.45, 2.75) is 26.3 Å². The van der Waals surface area contributed by atoms with Crippen LogP contribution in [-0.2, 0) is 9.53 Å². The van der Waals surface area contributed by atoms with Gasteiger partial charge < -0.3 is 10.1 Å². The van der Waals surface area contributed by atoms with E-state index in [9.17, 15) is 4.79 Å². The van der Waals surface area contributed by atoms with Crippen molar-refractivity contribution < 1.29 is 9.53 Å². The molecule has 1 rings (SSSR count). The van der Waals surface area contributed by atoms with Crippen LogP contribution in [0.1, 0.15) is 20.3 Å². The number of carbonyl (C=O) groups excluding carboxylic acids is 1. The zero-order valence-electron chi connectivity index (χ0n) is 10.2. The van der Waals surface area contributed by atoms with Crippen LogP contribution in [0.4, 0.5) is 5.82 Å². The van der Waals surface area contributed by atoms with E-state index in [0.717, 1.165) is 0 Å². The van der Waals surface area contributed by atoms with Gasteiger partial charge in [-0.3, -0.25) is 0 Å². The molecule has 1 unspecified atom stereocenters. The maximum absolute atomic E-state index is 11.6. The number of ether oxygens (including phenoxy) is 1. The lowest BCUT2D eigenvalue weighted by atomic mass is 10.0. The van der Waals surface area contributed by atoms with Crippen LogP contribution in [0.2, 0.25) is 5.02 Å². The summed E-state index contributed by atoms with van der Waals surface area (Å²) in [4.78, 5) is 15.7. The first kappa shape index (κ1) is 13.8. The number of esters is 1. The molecule has 0 aliphatic rings. The van der Waals surface area contributed by atoms with Gasteiger partial charge in [0.15, 0.2) is 0 Å². The predicted molar refractivity (Wildman–Crippen MR) is 68.1 cm³/mol. The van der Waals surface area contributed by atoms with Gasteiger partial charge in [-0.2, -0.15) is 0 Å². The highest BCUT2D eigenvalue weighted by molar-refractivity contribution is 6.30. The second kappa shape index (κ2) is 6.45. The summed E-state index contributed by atoms with van der Waals surface area (Å²) >= 11 is 5.74. The monoisotopic (exact) mass is 256 g/mol. The smallest absolute Gasteiger partial charge is 0.328 e. The minimum Gasteiger partial charge on any atom is -0.467 e. The molecule has 0 amide bonds. The van der Waals surface area contributed by atoms with Crippen molar-refractivity contribution in [3.05, 3.63) is 23.4 Å². The molecule has 0 bridgehead atoms. The molecule has 5 heteroatoms. The Kier molecular flexibility index (Phi) is 5.22. The molecule has 0 radical (unpaired) electrons. The van der Waals surface area contributed by atoms with Gasteiger partial charge in [0.1, 0.15) is 11.9 Å². The molecule has 4 nitrogen and oxygen atoms in total. The third kappa shape index (κ3) is 4.61. The van der Waals surface area contributed by atoms with Gasteiger partial charge in [-0.1, -0.05) is 25.4 Å². The van der Waals surface area contributed by atoms with E-state index < -0.39 is 0 Å². The molecule has 0 saturated carbocycles. The highest BCUT2D eigenvalue weighted by Crippen LogP contribution is 2.14. The van der Waals surface area contributed by atoms with Crippen LogP contribution in [0.5, 0.6) is 0 Å². The molecule has 1 atom stereocenters. The van der Waals surface area contributed by atoms with Crippen molar-refractivity contribution in [3.8, 4) is 0 Å². The summed E-state index contributed by atoms with van der Waals surface area (Å²) in [5.74, 6) is 0.722. The first-order valence-corrected chi connectivity index (χ1v) is 5.86. The molecule has 17 heavy (non-hydrogen) atoms. The fraction of sp³-hybridized carbons (Fsp3) is 0.500. The van der Waals surface area contributed by atoms with Gasteiger partial charge in [-0.05, 0) is 24.5 Å². The van der Waals surface area contributed by atoms with Crippen molar-refractivity contribution in [2.24, 2.45) is 5.92 Å². The number of rotatable bonds is 5. The number of halogens is 1. The summed E-state index contributed by atoms with van der Waals surface area (Å²) in [5.41, 5.74) is 0. The average Bonchev–Trinajstić information content (AvgIpc) is 2.29. The first-order chi connectivity index (χ1) is 8.02. The van der Waals surface area contributed by atoms with E-state index in [1.54, 1.807) is 12.1 Å². The zero-order chi connectivity index (χ0) is 12.8. The quantitative estimate of drug-likeness (QED) is 0.823. The SMILES string of the molecule is COC(=O)C(CC(C)C)Nc1ccc(Cl)cn1. The molecule has 1 N–H and O–H groups in total. The largest absolute Gasteiger partial charge is 0.467 e. The number of hydrogen-bond donors (Lipinski definition) is 1. The second-order valence-electron chi connectivity index (χ2n) is 4.21. The third-order valence-corrected chi connectivity index (χ3v) is 2.47. The molecule has 0 saturated heterocycles. The number of methoxy groups -OCH3 is 1. The van der Waals surface area contributed by atoms with Crippen LogP contribution in [0.3, 0.4) is 0 Å².